The van der Waals surface area contributed by atoms with Crippen molar-refractivity contribution in [3.05, 3.63) is 29.8 Å². The van der Waals surface area contributed by atoms with Gasteiger partial charge < -0.3 is 20.5 Å². The number of anilines is 1. The van der Waals surface area contributed by atoms with Crippen LogP contribution in [0.1, 0.15) is 31.2 Å². The van der Waals surface area contributed by atoms with E-state index in [2.05, 4.69) is 10.6 Å². The van der Waals surface area contributed by atoms with Crippen molar-refractivity contribution < 1.29 is 24.2 Å². The molecule has 7 heteroatoms. The van der Waals surface area contributed by atoms with Crippen LogP contribution < -0.4 is 10.6 Å². The summed E-state index contributed by atoms with van der Waals surface area (Å²) in [5, 5.41) is 15.1. The fourth-order valence-corrected chi connectivity index (χ4v) is 3.54. The molecular formula is C19H24N2O5. The standard InChI is InChI=1S/C19H24N2O5/c22-16(20-12-19(18(24)25)7-9-26-10-8-19)6-5-14-11-13-3-1-2-4-15(13)21-17(14)23/h1-4,14H,5-12H2,(H,20,22)(H,21,23)(H,24,25). The van der Waals surface area contributed by atoms with Gasteiger partial charge in [0.1, 0.15) is 0 Å². The molecular weight excluding hydrogens is 336 g/mol. The van der Waals surface area contributed by atoms with E-state index in [0.29, 0.717) is 38.9 Å². The van der Waals surface area contributed by atoms with Gasteiger partial charge in [-0.15, -0.1) is 0 Å². The van der Waals surface area contributed by atoms with Crippen LogP contribution in [0, 0.1) is 11.3 Å². The van der Waals surface area contributed by atoms with Gasteiger partial charge in [-0.25, -0.2) is 0 Å². The largest absolute Gasteiger partial charge is 0.481 e. The van der Waals surface area contributed by atoms with Gasteiger partial charge in [0.05, 0.1) is 5.41 Å². The molecule has 2 aliphatic heterocycles. The Morgan fingerprint density at radius 3 is 2.73 bits per heavy atom. The third kappa shape index (κ3) is 4.04. The third-order valence-corrected chi connectivity index (χ3v) is 5.36. The summed E-state index contributed by atoms with van der Waals surface area (Å²) in [6.45, 7) is 0.887. The summed E-state index contributed by atoms with van der Waals surface area (Å²) < 4.78 is 5.23. The van der Waals surface area contributed by atoms with Crippen LogP contribution in [0.3, 0.4) is 0 Å². The summed E-state index contributed by atoms with van der Waals surface area (Å²) in [5.41, 5.74) is 0.959. The van der Waals surface area contributed by atoms with Crippen molar-refractivity contribution in [3.8, 4) is 0 Å². The molecule has 0 bridgehead atoms. The van der Waals surface area contributed by atoms with Crippen LogP contribution >= 0.6 is 0 Å². The second-order valence-corrected chi connectivity index (χ2v) is 7.06. The number of carboxylic acid groups (broad SMARTS) is 1. The molecule has 0 aliphatic carbocycles. The minimum atomic E-state index is -0.949. The highest BCUT2D eigenvalue weighted by Crippen LogP contribution is 2.30. The second kappa shape index (κ2) is 7.86. The molecule has 2 aliphatic rings. The van der Waals surface area contributed by atoms with Crippen LogP contribution in [0.25, 0.3) is 0 Å². The minimum Gasteiger partial charge on any atom is -0.481 e. The van der Waals surface area contributed by atoms with E-state index in [4.69, 9.17) is 4.74 Å². The number of carboxylic acids is 1. The second-order valence-electron chi connectivity index (χ2n) is 7.06. The number of carbonyl (C=O) groups excluding carboxylic acids is 2. The van der Waals surface area contributed by atoms with E-state index in [1.54, 1.807) is 0 Å². The highest BCUT2D eigenvalue weighted by molar-refractivity contribution is 5.96. The maximum atomic E-state index is 12.2. The summed E-state index contributed by atoms with van der Waals surface area (Å²) in [6, 6.07) is 7.65. The van der Waals surface area contributed by atoms with Crippen LogP contribution in [0.5, 0.6) is 0 Å². The fourth-order valence-electron chi connectivity index (χ4n) is 3.54. The Hall–Kier alpha value is -2.41. The van der Waals surface area contributed by atoms with Crippen molar-refractivity contribution in [2.45, 2.75) is 32.1 Å². The Morgan fingerprint density at radius 1 is 1.27 bits per heavy atom. The van der Waals surface area contributed by atoms with E-state index in [1.807, 2.05) is 24.3 Å². The molecule has 3 rings (SSSR count). The van der Waals surface area contributed by atoms with E-state index >= 15 is 0 Å². The van der Waals surface area contributed by atoms with Gasteiger partial charge in [-0.05, 0) is 37.3 Å². The first kappa shape index (κ1) is 18.4. The van der Waals surface area contributed by atoms with Crippen LogP contribution in [-0.2, 0) is 25.5 Å². The zero-order valence-corrected chi connectivity index (χ0v) is 14.6. The molecule has 1 atom stereocenters. The predicted molar refractivity (Wildman–Crippen MR) is 94.6 cm³/mol. The number of rotatable bonds is 6. The Morgan fingerprint density at radius 2 is 2.00 bits per heavy atom. The molecule has 0 aromatic heterocycles. The number of para-hydroxylation sites is 1. The number of ether oxygens (including phenoxy) is 1. The molecule has 2 amide bonds. The molecule has 7 nitrogen and oxygen atoms in total. The molecule has 1 fully saturated rings. The molecule has 2 heterocycles. The summed E-state index contributed by atoms with van der Waals surface area (Å²) in [5.74, 6) is -1.43. The van der Waals surface area contributed by atoms with Crippen molar-refractivity contribution in [1.82, 2.24) is 5.32 Å². The number of fused-ring (bicyclic) bond motifs is 1. The molecule has 1 aromatic rings. The topological polar surface area (TPSA) is 105 Å². The minimum absolute atomic E-state index is 0.0667. The number of hydrogen-bond acceptors (Lipinski definition) is 4. The molecule has 0 radical (unpaired) electrons. The van der Waals surface area contributed by atoms with E-state index in [-0.39, 0.29) is 30.7 Å². The third-order valence-electron chi connectivity index (χ3n) is 5.36. The van der Waals surface area contributed by atoms with Gasteiger partial charge in [-0.3, -0.25) is 14.4 Å². The van der Waals surface area contributed by atoms with Gasteiger partial charge in [-0.1, -0.05) is 18.2 Å². The first-order valence-corrected chi connectivity index (χ1v) is 8.97. The highest BCUT2D eigenvalue weighted by atomic mass is 16.5. The number of nitrogens with one attached hydrogen (secondary N) is 2. The van der Waals surface area contributed by atoms with E-state index in [1.165, 1.54) is 0 Å². The van der Waals surface area contributed by atoms with Crippen LogP contribution in [0.15, 0.2) is 24.3 Å². The zero-order chi connectivity index (χ0) is 18.6. The molecule has 1 saturated heterocycles. The molecule has 1 unspecified atom stereocenters. The SMILES string of the molecule is O=C(CCC1Cc2ccccc2NC1=O)NCC1(C(=O)O)CCOCC1. The Bertz CT molecular complexity index is 697. The summed E-state index contributed by atoms with van der Waals surface area (Å²) in [7, 11) is 0. The van der Waals surface area contributed by atoms with Crippen LogP contribution in [0.4, 0.5) is 5.69 Å². The van der Waals surface area contributed by atoms with Gasteiger partial charge in [0.25, 0.3) is 0 Å². The number of carbonyl (C=O) groups is 3. The van der Waals surface area contributed by atoms with E-state index in [0.717, 1.165) is 11.3 Å². The quantitative estimate of drug-likeness (QED) is 0.714. The van der Waals surface area contributed by atoms with Crippen molar-refractivity contribution in [2.75, 3.05) is 25.1 Å². The number of amides is 2. The van der Waals surface area contributed by atoms with E-state index < -0.39 is 11.4 Å². The summed E-state index contributed by atoms with van der Waals surface area (Å²) >= 11 is 0. The van der Waals surface area contributed by atoms with Gasteiger partial charge in [0, 0.05) is 37.8 Å². The first-order chi connectivity index (χ1) is 12.5. The molecule has 1 aromatic carbocycles. The maximum absolute atomic E-state index is 12.2. The average molecular weight is 360 g/mol. The molecule has 140 valence electrons. The number of aliphatic carboxylic acids is 1. The lowest BCUT2D eigenvalue weighted by Gasteiger charge is -2.33. The number of benzene rings is 1. The van der Waals surface area contributed by atoms with Crippen LogP contribution in [-0.4, -0.2) is 42.6 Å². The Kier molecular flexibility index (Phi) is 5.56. The predicted octanol–water partition coefficient (Wildman–Crippen LogP) is 1.58. The normalized spacial score (nSPS) is 21.4. The Balaban J connectivity index is 1.50. The lowest BCUT2D eigenvalue weighted by atomic mass is 9.80. The average Bonchev–Trinajstić information content (AvgIpc) is 2.65. The monoisotopic (exact) mass is 360 g/mol. The summed E-state index contributed by atoms with van der Waals surface area (Å²) in [6.07, 6.45) is 2.04. The van der Waals surface area contributed by atoms with Gasteiger partial charge in [0.15, 0.2) is 0 Å². The maximum Gasteiger partial charge on any atom is 0.311 e. The van der Waals surface area contributed by atoms with Crippen molar-refractivity contribution in [3.63, 3.8) is 0 Å². The van der Waals surface area contributed by atoms with Crippen molar-refractivity contribution >= 4 is 23.5 Å². The van der Waals surface area contributed by atoms with Crippen molar-refractivity contribution in [2.24, 2.45) is 11.3 Å². The highest BCUT2D eigenvalue weighted by Gasteiger charge is 2.40. The van der Waals surface area contributed by atoms with E-state index in [9.17, 15) is 19.5 Å². The summed E-state index contributed by atoms with van der Waals surface area (Å²) in [4.78, 5) is 36.0. The molecule has 3 N–H and O–H groups in total. The molecule has 0 spiro atoms. The lowest BCUT2D eigenvalue weighted by molar-refractivity contribution is -0.154. The first-order valence-electron chi connectivity index (χ1n) is 8.97. The zero-order valence-electron chi connectivity index (χ0n) is 14.6. The Labute approximate surface area is 152 Å². The van der Waals surface area contributed by atoms with Crippen LogP contribution in [0.2, 0.25) is 0 Å². The smallest absolute Gasteiger partial charge is 0.311 e. The molecule has 0 saturated carbocycles. The fraction of sp³-hybridized carbons (Fsp3) is 0.526. The van der Waals surface area contributed by atoms with Gasteiger partial charge in [-0.2, -0.15) is 0 Å². The lowest BCUT2D eigenvalue weighted by Crippen LogP contribution is -2.46. The number of hydrogen-bond donors (Lipinski definition) is 3. The van der Waals surface area contributed by atoms with Crippen molar-refractivity contribution in [1.29, 1.82) is 0 Å². The molecule has 26 heavy (non-hydrogen) atoms. The van der Waals surface area contributed by atoms with Gasteiger partial charge >= 0.3 is 5.97 Å². The van der Waals surface area contributed by atoms with Gasteiger partial charge in [0.2, 0.25) is 11.8 Å².